The van der Waals surface area contributed by atoms with Gasteiger partial charge in [-0.15, -0.1) is 6.58 Å². The third-order valence-electron chi connectivity index (χ3n) is 9.19. The minimum Gasteiger partial charge on any atom is -0.337 e. The van der Waals surface area contributed by atoms with Gasteiger partial charge in [-0.1, -0.05) is 79.2 Å². The first-order valence-corrected chi connectivity index (χ1v) is 16.9. The lowest BCUT2D eigenvalue weighted by atomic mass is 9.78. The summed E-state index contributed by atoms with van der Waals surface area (Å²) in [7, 11) is 1.83. The van der Waals surface area contributed by atoms with Crippen molar-refractivity contribution < 1.29 is 18.0 Å². The zero-order valence-electron chi connectivity index (χ0n) is 29.5. The number of nitrogens with zero attached hydrogens (tertiary/aromatic N) is 3. The number of aromatic nitrogens is 1. The molecule has 2 aliphatic carbocycles. The average Bonchev–Trinajstić information content (AvgIpc) is 3.48. The fourth-order valence-corrected chi connectivity index (χ4v) is 6.77. The van der Waals surface area contributed by atoms with Crippen LogP contribution in [-0.2, 0) is 23.9 Å². The van der Waals surface area contributed by atoms with E-state index in [0.717, 1.165) is 44.2 Å². The molecule has 3 atom stereocenters. The number of fused-ring (bicyclic) bond motifs is 2. The molecule has 1 aromatic heterocycles. The Bertz CT molecular complexity index is 1050. The first kappa shape index (κ1) is 39.8. The van der Waals surface area contributed by atoms with Crippen LogP contribution in [0.4, 0.5) is 13.2 Å². The maximum atomic E-state index is 13.3. The molecule has 252 valence electrons. The van der Waals surface area contributed by atoms with E-state index in [0.29, 0.717) is 42.0 Å². The molecular formula is C37H62F3N3O. The molecule has 0 N–H and O–H groups in total. The Hall–Kier alpha value is -2.18. The molecule has 1 aliphatic heterocycles. The summed E-state index contributed by atoms with van der Waals surface area (Å²) in [6.45, 7) is 23.7. The standard InChI is InChI=1S/C19H23F3N2O.C8H18.C6H13N.C4H8/c1-12-7-14-3-2-5-18(14,9-12)17(25)24-6-4-16-13(11-24)8-15(10-23-16)19(20,21)22;1-4-6-8(3)7-5-2;1-5(2)6(3)7-4;1-4(2)3/h8,10,12,14H,2-7,9,11H2,1H3;8H,4-7H2,1-3H3;5H,1-4H3;1H2,2-3H3/t12-,14?,18?;;;/m1.../s1. The molecule has 2 heterocycles. The Balaban J connectivity index is 0.000000419. The summed E-state index contributed by atoms with van der Waals surface area (Å²) in [6.07, 6.45) is 7.74. The number of allylic oxidation sites excluding steroid dienone is 1. The van der Waals surface area contributed by atoms with Gasteiger partial charge in [0.05, 0.1) is 11.0 Å². The van der Waals surface area contributed by atoms with Crippen LogP contribution < -0.4 is 0 Å². The number of pyridine rings is 1. The van der Waals surface area contributed by atoms with E-state index in [-0.39, 0.29) is 17.9 Å². The molecule has 0 saturated heterocycles. The highest BCUT2D eigenvalue weighted by atomic mass is 19.4. The monoisotopic (exact) mass is 621 g/mol. The number of alkyl halides is 3. The van der Waals surface area contributed by atoms with E-state index in [2.05, 4.69) is 58.1 Å². The van der Waals surface area contributed by atoms with E-state index in [9.17, 15) is 18.0 Å². The normalized spacial score (nSPS) is 22.6. The van der Waals surface area contributed by atoms with Crippen LogP contribution in [0.3, 0.4) is 0 Å². The number of carbonyl (C=O) groups is 1. The topological polar surface area (TPSA) is 45.6 Å². The van der Waals surface area contributed by atoms with Crippen molar-refractivity contribution in [2.75, 3.05) is 13.6 Å². The van der Waals surface area contributed by atoms with Crippen molar-refractivity contribution in [2.45, 2.75) is 139 Å². The molecule has 1 aromatic rings. The quantitative estimate of drug-likeness (QED) is 0.234. The summed E-state index contributed by atoms with van der Waals surface area (Å²) in [5.41, 5.74) is 2.64. The van der Waals surface area contributed by atoms with Gasteiger partial charge in [0.1, 0.15) is 0 Å². The van der Waals surface area contributed by atoms with Gasteiger partial charge >= 0.3 is 6.18 Å². The van der Waals surface area contributed by atoms with Gasteiger partial charge in [-0.25, -0.2) is 0 Å². The summed E-state index contributed by atoms with van der Waals surface area (Å²) in [6, 6.07) is 1.17. The highest BCUT2D eigenvalue weighted by Gasteiger charge is 2.55. The van der Waals surface area contributed by atoms with Gasteiger partial charge in [-0.05, 0) is 81.8 Å². The Kier molecular flexibility index (Phi) is 16.9. The summed E-state index contributed by atoms with van der Waals surface area (Å²) in [5, 5.41) is 0. The first-order valence-electron chi connectivity index (χ1n) is 16.9. The molecule has 0 spiro atoms. The number of rotatable bonds is 6. The van der Waals surface area contributed by atoms with Crippen molar-refractivity contribution in [2.24, 2.45) is 34.1 Å². The largest absolute Gasteiger partial charge is 0.417 e. The van der Waals surface area contributed by atoms with E-state index in [1.54, 1.807) is 4.90 Å². The third kappa shape index (κ3) is 12.3. The molecule has 7 heteroatoms. The lowest BCUT2D eigenvalue weighted by Crippen LogP contribution is -2.46. The molecule has 4 nitrogen and oxygen atoms in total. The number of halogens is 3. The van der Waals surface area contributed by atoms with E-state index < -0.39 is 11.7 Å². The molecule has 44 heavy (non-hydrogen) atoms. The highest BCUT2D eigenvalue weighted by molar-refractivity contribution is 5.84. The maximum absolute atomic E-state index is 13.3. The van der Waals surface area contributed by atoms with Crippen LogP contribution in [0.15, 0.2) is 29.4 Å². The average molecular weight is 622 g/mol. The molecule has 2 unspecified atom stereocenters. The van der Waals surface area contributed by atoms with Crippen molar-refractivity contribution >= 4 is 11.6 Å². The van der Waals surface area contributed by atoms with Crippen LogP contribution >= 0.6 is 0 Å². The molecule has 0 bridgehead atoms. The summed E-state index contributed by atoms with van der Waals surface area (Å²) >= 11 is 0. The fraction of sp³-hybridized carbons (Fsp3) is 0.757. The van der Waals surface area contributed by atoms with Gasteiger partial charge in [0.2, 0.25) is 5.91 Å². The zero-order chi connectivity index (χ0) is 33.7. The summed E-state index contributed by atoms with van der Waals surface area (Å²) in [5.74, 6) is 2.76. The van der Waals surface area contributed by atoms with E-state index in [1.165, 1.54) is 43.0 Å². The van der Waals surface area contributed by atoms with Crippen molar-refractivity contribution in [1.82, 2.24) is 9.88 Å². The number of amides is 1. The predicted molar refractivity (Wildman–Crippen MR) is 180 cm³/mol. The van der Waals surface area contributed by atoms with E-state index in [1.807, 2.05) is 27.8 Å². The summed E-state index contributed by atoms with van der Waals surface area (Å²) in [4.78, 5) is 23.1. The summed E-state index contributed by atoms with van der Waals surface area (Å²) < 4.78 is 38.9. The molecule has 3 aliphatic rings. The second-order valence-corrected chi connectivity index (χ2v) is 14.0. The molecule has 2 saturated carbocycles. The zero-order valence-corrected chi connectivity index (χ0v) is 29.5. The highest BCUT2D eigenvalue weighted by Crippen LogP contribution is 2.57. The molecule has 0 aromatic carbocycles. The van der Waals surface area contributed by atoms with E-state index >= 15 is 0 Å². The van der Waals surface area contributed by atoms with Crippen molar-refractivity contribution in [3.63, 3.8) is 0 Å². The number of aliphatic imine (C=N–C) groups is 1. The lowest BCUT2D eigenvalue weighted by Gasteiger charge is -2.37. The van der Waals surface area contributed by atoms with E-state index in [4.69, 9.17) is 0 Å². The maximum Gasteiger partial charge on any atom is 0.417 e. The molecule has 4 rings (SSSR count). The Morgan fingerprint density at radius 2 is 1.75 bits per heavy atom. The van der Waals surface area contributed by atoms with Crippen molar-refractivity contribution in [1.29, 1.82) is 0 Å². The van der Waals surface area contributed by atoms with Gasteiger partial charge in [0.15, 0.2) is 0 Å². The second-order valence-electron chi connectivity index (χ2n) is 14.0. The Labute approximate surface area is 267 Å². The van der Waals surface area contributed by atoms with Gasteiger partial charge in [-0.2, -0.15) is 13.2 Å². The van der Waals surface area contributed by atoms with Gasteiger partial charge < -0.3 is 4.90 Å². The second kappa shape index (κ2) is 18.7. The van der Waals surface area contributed by atoms with Crippen LogP contribution in [0.1, 0.15) is 137 Å². The Morgan fingerprint density at radius 3 is 2.23 bits per heavy atom. The predicted octanol–water partition coefficient (Wildman–Crippen LogP) is 10.7. The van der Waals surface area contributed by atoms with Crippen LogP contribution in [0.5, 0.6) is 0 Å². The van der Waals surface area contributed by atoms with Crippen LogP contribution in [0.2, 0.25) is 0 Å². The van der Waals surface area contributed by atoms with Crippen LogP contribution in [-0.4, -0.2) is 35.1 Å². The van der Waals surface area contributed by atoms with Crippen molar-refractivity contribution in [3.05, 3.63) is 41.2 Å². The van der Waals surface area contributed by atoms with Gasteiger partial charge in [0.25, 0.3) is 0 Å². The number of carbonyl (C=O) groups excluding carboxylic acids is 1. The Morgan fingerprint density at radius 1 is 1.16 bits per heavy atom. The minimum absolute atomic E-state index is 0.169. The number of hydrogen-bond donors (Lipinski definition) is 0. The van der Waals surface area contributed by atoms with Gasteiger partial charge in [0, 0.05) is 44.2 Å². The first-order chi connectivity index (χ1) is 20.5. The SMILES string of the molecule is C=C(C)C.CCCC(C)CCC.CN=C(C)C(C)C.C[C@@H]1CC2CCCC2(C(=O)N2CCc3ncc(C(F)(F)F)cc3C2)C1. The molecule has 2 fully saturated rings. The number of hydrogen-bond acceptors (Lipinski definition) is 3. The fourth-order valence-electron chi connectivity index (χ4n) is 6.77. The van der Waals surface area contributed by atoms with Crippen LogP contribution in [0.25, 0.3) is 0 Å². The van der Waals surface area contributed by atoms with Crippen molar-refractivity contribution in [3.8, 4) is 0 Å². The smallest absolute Gasteiger partial charge is 0.337 e. The third-order valence-corrected chi connectivity index (χ3v) is 9.19. The van der Waals surface area contributed by atoms with Gasteiger partial charge in [-0.3, -0.25) is 14.8 Å². The molecular weight excluding hydrogens is 559 g/mol. The minimum atomic E-state index is -4.40. The molecule has 0 radical (unpaired) electrons. The lowest BCUT2D eigenvalue weighted by molar-refractivity contribution is -0.144. The molecule has 1 amide bonds. The van der Waals surface area contributed by atoms with Crippen LogP contribution in [0, 0.1) is 29.1 Å².